The van der Waals surface area contributed by atoms with Crippen LogP contribution < -0.4 is 0 Å². The van der Waals surface area contributed by atoms with Gasteiger partial charge in [-0.15, -0.1) is 0 Å². The van der Waals surface area contributed by atoms with E-state index in [4.69, 9.17) is 24.1 Å². The Balaban J connectivity index is 3.08. The van der Waals surface area contributed by atoms with Crippen LogP contribution in [0.3, 0.4) is 0 Å². The van der Waals surface area contributed by atoms with Crippen molar-refractivity contribution in [2.24, 2.45) is 5.92 Å². The van der Waals surface area contributed by atoms with E-state index in [-0.39, 0.29) is 13.0 Å². The summed E-state index contributed by atoms with van der Waals surface area (Å²) >= 11 is 0. The summed E-state index contributed by atoms with van der Waals surface area (Å²) < 4.78 is 21.0. The van der Waals surface area contributed by atoms with Gasteiger partial charge in [-0.25, -0.2) is 0 Å². The van der Waals surface area contributed by atoms with E-state index in [0.717, 1.165) is 0 Å². The molecule has 24 heavy (non-hydrogen) atoms. The van der Waals surface area contributed by atoms with Crippen molar-refractivity contribution < 1.29 is 43.2 Å². The molecule has 1 aliphatic heterocycles. The Kier molecular flexibility index (Phi) is 7.15. The van der Waals surface area contributed by atoms with Gasteiger partial charge in [0.25, 0.3) is 0 Å². The summed E-state index contributed by atoms with van der Waals surface area (Å²) in [7, 11) is 0. The molecule has 5 atom stereocenters. The Morgan fingerprint density at radius 1 is 0.917 bits per heavy atom. The maximum absolute atomic E-state index is 11.4. The van der Waals surface area contributed by atoms with Crippen LogP contribution in [0.5, 0.6) is 0 Å². The molecule has 1 N–H and O–H groups in total. The normalized spacial score (nSPS) is 29.4. The lowest BCUT2D eigenvalue weighted by atomic mass is 9.86. The fourth-order valence-corrected chi connectivity index (χ4v) is 2.59. The minimum absolute atomic E-state index is 0.256. The second kappa shape index (κ2) is 8.62. The fraction of sp³-hybridized carbons (Fsp3) is 0.733. The first-order valence-electron chi connectivity index (χ1n) is 7.46. The molecule has 0 bridgehead atoms. The SMILES string of the molecule is CC(=O)OC[C@H]1O[C@H](CC(=O)O)[C@@H](C)[C@@H](OC(C)=O)[C@@H]1OC(C)=O. The molecule has 0 aromatic heterocycles. The maximum Gasteiger partial charge on any atom is 0.305 e. The molecular weight excluding hydrogens is 324 g/mol. The van der Waals surface area contributed by atoms with Gasteiger partial charge in [0, 0.05) is 26.7 Å². The third-order valence-electron chi connectivity index (χ3n) is 3.58. The lowest BCUT2D eigenvalue weighted by molar-refractivity contribution is -0.232. The quantitative estimate of drug-likeness (QED) is 0.533. The molecule has 0 aliphatic carbocycles. The molecule has 136 valence electrons. The number of rotatable bonds is 6. The van der Waals surface area contributed by atoms with Crippen LogP contribution in [-0.2, 0) is 38.1 Å². The second-order valence-electron chi connectivity index (χ2n) is 5.62. The lowest BCUT2D eigenvalue weighted by Gasteiger charge is -2.43. The Morgan fingerprint density at radius 2 is 1.46 bits per heavy atom. The predicted molar refractivity (Wildman–Crippen MR) is 77.8 cm³/mol. The van der Waals surface area contributed by atoms with E-state index in [9.17, 15) is 19.2 Å². The van der Waals surface area contributed by atoms with Crippen molar-refractivity contribution in [3.63, 3.8) is 0 Å². The summed E-state index contributed by atoms with van der Waals surface area (Å²) in [6.07, 6.45) is -3.99. The van der Waals surface area contributed by atoms with E-state index in [2.05, 4.69) is 0 Å². The fourth-order valence-electron chi connectivity index (χ4n) is 2.59. The monoisotopic (exact) mass is 346 g/mol. The van der Waals surface area contributed by atoms with Gasteiger partial charge >= 0.3 is 23.9 Å². The van der Waals surface area contributed by atoms with Crippen LogP contribution >= 0.6 is 0 Å². The molecule has 0 aromatic rings. The number of carboxylic acids is 1. The molecule has 0 amide bonds. The van der Waals surface area contributed by atoms with Gasteiger partial charge in [0.15, 0.2) is 6.10 Å². The summed E-state index contributed by atoms with van der Waals surface area (Å²) in [5.74, 6) is -3.44. The first-order chi connectivity index (χ1) is 11.1. The average Bonchev–Trinajstić information content (AvgIpc) is 2.42. The molecule has 1 fully saturated rings. The van der Waals surface area contributed by atoms with E-state index in [1.165, 1.54) is 20.8 Å². The van der Waals surface area contributed by atoms with Crippen molar-refractivity contribution >= 4 is 23.9 Å². The van der Waals surface area contributed by atoms with Crippen molar-refractivity contribution in [1.82, 2.24) is 0 Å². The molecule has 0 radical (unpaired) electrons. The van der Waals surface area contributed by atoms with E-state index >= 15 is 0 Å². The van der Waals surface area contributed by atoms with Crippen molar-refractivity contribution in [2.45, 2.75) is 58.5 Å². The molecule has 0 saturated carbocycles. The highest BCUT2D eigenvalue weighted by atomic mass is 16.6. The number of hydrogen-bond donors (Lipinski definition) is 1. The maximum atomic E-state index is 11.4. The minimum Gasteiger partial charge on any atom is -0.481 e. The number of hydrogen-bond acceptors (Lipinski definition) is 8. The van der Waals surface area contributed by atoms with Gasteiger partial charge in [0.2, 0.25) is 0 Å². The number of esters is 3. The van der Waals surface area contributed by atoms with Crippen LogP contribution in [0.15, 0.2) is 0 Å². The topological polar surface area (TPSA) is 125 Å². The minimum atomic E-state index is -1.09. The zero-order chi connectivity index (χ0) is 18.4. The summed E-state index contributed by atoms with van der Waals surface area (Å²) in [5, 5.41) is 9.01. The highest BCUT2D eigenvalue weighted by molar-refractivity contribution is 5.68. The number of carbonyl (C=O) groups is 4. The lowest BCUT2D eigenvalue weighted by Crippen LogP contribution is -2.58. The predicted octanol–water partition coefficient (Wildman–Crippen LogP) is 0.291. The van der Waals surface area contributed by atoms with E-state index in [0.29, 0.717) is 0 Å². The van der Waals surface area contributed by atoms with Crippen LogP contribution in [0.2, 0.25) is 0 Å². The van der Waals surface area contributed by atoms with Crippen molar-refractivity contribution in [3.8, 4) is 0 Å². The number of carboxylic acid groups (broad SMARTS) is 1. The molecule has 1 rings (SSSR count). The van der Waals surface area contributed by atoms with Gasteiger partial charge < -0.3 is 24.1 Å². The molecule has 0 unspecified atom stereocenters. The number of ether oxygens (including phenoxy) is 4. The van der Waals surface area contributed by atoms with Gasteiger partial charge in [-0.3, -0.25) is 19.2 Å². The zero-order valence-electron chi connectivity index (χ0n) is 14.0. The van der Waals surface area contributed by atoms with Crippen molar-refractivity contribution in [2.75, 3.05) is 6.61 Å². The summed E-state index contributed by atoms with van der Waals surface area (Å²) in [4.78, 5) is 44.8. The summed E-state index contributed by atoms with van der Waals surface area (Å²) in [6, 6.07) is 0. The number of aliphatic carboxylic acids is 1. The standard InChI is InChI=1S/C15H22O9/c1-7-11(5-13(19)20)24-12(6-21-8(2)16)15(23-10(4)18)14(7)22-9(3)17/h7,11-12,14-15H,5-6H2,1-4H3,(H,19,20)/t7-,11-,12-,14-,15-/m1/s1. The molecule has 1 saturated heterocycles. The largest absolute Gasteiger partial charge is 0.481 e. The molecule has 1 aliphatic rings. The molecule has 0 spiro atoms. The van der Waals surface area contributed by atoms with E-state index < -0.39 is 54.2 Å². The Bertz CT molecular complexity index is 485. The van der Waals surface area contributed by atoms with Crippen LogP contribution in [0.25, 0.3) is 0 Å². The third kappa shape index (κ3) is 5.80. The van der Waals surface area contributed by atoms with Gasteiger partial charge in [-0.2, -0.15) is 0 Å². The average molecular weight is 346 g/mol. The number of carbonyl (C=O) groups excluding carboxylic acids is 3. The van der Waals surface area contributed by atoms with Gasteiger partial charge in [-0.05, 0) is 0 Å². The highest BCUT2D eigenvalue weighted by Crippen LogP contribution is 2.32. The Hall–Kier alpha value is -2.16. The Morgan fingerprint density at radius 3 is 1.92 bits per heavy atom. The van der Waals surface area contributed by atoms with Gasteiger partial charge in [-0.1, -0.05) is 6.92 Å². The second-order valence-corrected chi connectivity index (χ2v) is 5.62. The summed E-state index contributed by atoms with van der Waals surface area (Å²) in [6.45, 7) is 4.96. The first kappa shape index (κ1) is 19.9. The molecule has 1 heterocycles. The first-order valence-corrected chi connectivity index (χ1v) is 7.46. The molecule has 9 heteroatoms. The van der Waals surface area contributed by atoms with Crippen LogP contribution in [-0.4, -0.2) is 60.0 Å². The van der Waals surface area contributed by atoms with Crippen LogP contribution in [0, 0.1) is 5.92 Å². The third-order valence-corrected chi connectivity index (χ3v) is 3.58. The Labute approximate surface area is 139 Å². The molecule has 0 aromatic carbocycles. The smallest absolute Gasteiger partial charge is 0.305 e. The van der Waals surface area contributed by atoms with Crippen LogP contribution in [0.4, 0.5) is 0 Å². The molecule has 9 nitrogen and oxygen atoms in total. The van der Waals surface area contributed by atoms with E-state index in [1.807, 2.05) is 0 Å². The van der Waals surface area contributed by atoms with Crippen molar-refractivity contribution in [3.05, 3.63) is 0 Å². The zero-order valence-corrected chi connectivity index (χ0v) is 14.0. The van der Waals surface area contributed by atoms with Gasteiger partial charge in [0.1, 0.15) is 18.8 Å². The molecular formula is C15H22O9. The van der Waals surface area contributed by atoms with E-state index in [1.54, 1.807) is 6.92 Å². The van der Waals surface area contributed by atoms with Gasteiger partial charge in [0.05, 0.1) is 12.5 Å². The summed E-state index contributed by atoms with van der Waals surface area (Å²) in [5.41, 5.74) is 0. The van der Waals surface area contributed by atoms with Crippen molar-refractivity contribution in [1.29, 1.82) is 0 Å². The van der Waals surface area contributed by atoms with Crippen LogP contribution in [0.1, 0.15) is 34.1 Å². The highest BCUT2D eigenvalue weighted by Gasteiger charge is 2.48.